The molecule has 6 nitrogen and oxygen atoms in total. The molecule has 0 bridgehead atoms. The summed E-state index contributed by atoms with van der Waals surface area (Å²) in [5, 5.41) is 6.91. The van der Waals surface area contributed by atoms with Gasteiger partial charge in [0.25, 0.3) is 0 Å². The van der Waals surface area contributed by atoms with Crippen molar-refractivity contribution in [3.63, 3.8) is 0 Å². The van der Waals surface area contributed by atoms with Crippen LogP contribution in [0.4, 0.5) is 0 Å². The maximum atomic E-state index is 12.2. The van der Waals surface area contributed by atoms with Crippen LogP contribution in [-0.4, -0.2) is 27.5 Å². The van der Waals surface area contributed by atoms with Gasteiger partial charge in [-0.25, -0.2) is 0 Å². The van der Waals surface area contributed by atoms with Crippen LogP contribution in [0.3, 0.4) is 0 Å². The minimum Gasteiger partial charge on any atom is -0.352 e. The lowest BCUT2D eigenvalue weighted by Gasteiger charge is -2.37. The molecule has 5 rings (SSSR count). The van der Waals surface area contributed by atoms with E-state index in [0.717, 1.165) is 18.7 Å². The van der Waals surface area contributed by atoms with Gasteiger partial charge < -0.3 is 9.84 Å². The van der Waals surface area contributed by atoms with E-state index in [0.29, 0.717) is 30.7 Å². The molecule has 1 aliphatic carbocycles. The van der Waals surface area contributed by atoms with Crippen LogP contribution < -0.4 is 5.32 Å². The summed E-state index contributed by atoms with van der Waals surface area (Å²) in [7, 11) is 0. The molecular weight excluding hydrogens is 376 g/mol. The van der Waals surface area contributed by atoms with Crippen molar-refractivity contribution in [2.24, 2.45) is 0 Å². The van der Waals surface area contributed by atoms with Gasteiger partial charge >= 0.3 is 0 Å². The van der Waals surface area contributed by atoms with Gasteiger partial charge in [-0.3, -0.25) is 9.69 Å². The molecule has 0 saturated carbocycles. The largest absolute Gasteiger partial charge is 0.352 e. The minimum atomic E-state index is -0.104. The minimum absolute atomic E-state index is 0.104. The Morgan fingerprint density at radius 2 is 2.00 bits per heavy atom. The lowest BCUT2D eigenvalue weighted by molar-refractivity contribution is -0.120. The molecule has 0 saturated heterocycles. The van der Waals surface area contributed by atoms with Gasteiger partial charge in [-0.2, -0.15) is 4.98 Å². The Kier molecular flexibility index (Phi) is 5.32. The van der Waals surface area contributed by atoms with Crippen LogP contribution in [0.25, 0.3) is 0 Å². The molecular formula is C24H26N4O2. The fourth-order valence-electron chi connectivity index (χ4n) is 4.77. The molecule has 6 heteroatoms. The van der Waals surface area contributed by atoms with Gasteiger partial charge in [0.05, 0.1) is 13.0 Å². The van der Waals surface area contributed by atoms with Gasteiger partial charge in [-0.05, 0) is 47.4 Å². The summed E-state index contributed by atoms with van der Waals surface area (Å²) in [6, 6.07) is 16.6. The van der Waals surface area contributed by atoms with Crippen LogP contribution >= 0.6 is 0 Å². The fraction of sp³-hybridized carbons (Fsp3) is 0.375. The molecule has 1 N–H and O–H groups in total. The zero-order valence-corrected chi connectivity index (χ0v) is 17.0. The van der Waals surface area contributed by atoms with Gasteiger partial charge in [0.1, 0.15) is 0 Å². The molecule has 1 aliphatic heterocycles. The summed E-state index contributed by atoms with van der Waals surface area (Å²) in [5.74, 6) is 1.52. The Morgan fingerprint density at radius 1 is 1.13 bits per heavy atom. The van der Waals surface area contributed by atoms with Crippen LogP contribution in [-0.2, 0) is 37.3 Å². The number of carbonyl (C=O) groups excluding carboxylic acids is 1. The summed E-state index contributed by atoms with van der Waals surface area (Å²) in [6.45, 7) is 3.06. The highest BCUT2D eigenvalue weighted by atomic mass is 16.5. The van der Waals surface area contributed by atoms with Crippen LogP contribution in [0.2, 0.25) is 0 Å². The van der Waals surface area contributed by atoms with E-state index < -0.39 is 0 Å². The third-order valence-electron chi connectivity index (χ3n) is 6.09. The monoisotopic (exact) mass is 402 g/mol. The summed E-state index contributed by atoms with van der Waals surface area (Å²) < 4.78 is 5.44. The van der Waals surface area contributed by atoms with E-state index in [1.165, 1.54) is 30.4 Å². The van der Waals surface area contributed by atoms with E-state index in [-0.39, 0.29) is 12.3 Å². The Labute approximate surface area is 176 Å². The van der Waals surface area contributed by atoms with Crippen molar-refractivity contribution in [2.45, 2.75) is 51.2 Å². The number of nitrogens with zero attached hydrogens (tertiary/aromatic N) is 3. The van der Waals surface area contributed by atoms with Crippen molar-refractivity contribution >= 4 is 5.91 Å². The Morgan fingerprint density at radius 3 is 2.90 bits per heavy atom. The molecule has 2 aliphatic rings. The number of hydrogen-bond acceptors (Lipinski definition) is 5. The predicted molar refractivity (Wildman–Crippen MR) is 113 cm³/mol. The molecule has 2 aromatic carbocycles. The number of carbonyl (C=O) groups is 1. The molecule has 0 fully saturated rings. The SMILES string of the molecule is O=C(Cc1noc(CN2Cc3cccc4c3C(CCC4)C2)n1)NCc1ccccc1. The van der Waals surface area contributed by atoms with Gasteiger partial charge in [0.2, 0.25) is 11.8 Å². The number of aryl methyl sites for hydroxylation is 1. The lowest BCUT2D eigenvalue weighted by Crippen LogP contribution is -2.35. The quantitative estimate of drug-likeness (QED) is 0.685. The van der Waals surface area contributed by atoms with Crippen molar-refractivity contribution in [3.05, 3.63) is 82.5 Å². The molecule has 0 spiro atoms. The molecule has 1 unspecified atom stereocenters. The maximum absolute atomic E-state index is 12.2. The van der Waals surface area contributed by atoms with Crippen LogP contribution in [0.5, 0.6) is 0 Å². The van der Waals surface area contributed by atoms with E-state index in [9.17, 15) is 4.79 Å². The third kappa shape index (κ3) is 4.14. The second-order valence-corrected chi connectivity index (χ2v) is 8.29. The molecule has 0 radical (unpaired) electrons. The first-order chi connectivity index (χ1) is 14.7. The van der Waals surface area contributed by atoms with Crippen molar-refractivity contribution in [2.75, 3.05) is 6.54 Å². The van der Waals surface area contributed by atoms with E-state index in [4.69, 9.17) is 4.52 Å². The van der Waals surface area contributed by atoms with Crippen LogP contribution in [0, 0.1) is 0 Å². The van der Waals surface area contributed by atoms with E-state index in [2.05, 4.69) is 38.6 Å². The second-order valence-electron chi connectivity index (χ2n) is 8.29. The normalized spacial score (nSPS) is 18.1. The van der Waals surface area contributed by atoms with Gasteiger partial charge in [-0.15, -0.1) is 0 Å². The Bertz CT molecular complexity index is 1030. The maximum Gasteiger partial charge on any atom is 0.240 e. The lowest BCUT2D eigenvalue weighted by atomic mass is 9.78. The van der Waals surface area contributed by atoms with E-state index in [1.807, 2.05) is 30.3 Å². The zero-order valence-electron chi connectivity index (χ0n) is 17.0. The standard InChI is InChI=1S/C24H26N4O2/c29-22(25-13-17-6-2-1-3-7-17)12-21-26-23(30-27-21)16-28-14-19-10-4-8-18-9-5-11-20(15-28)24(18)19/h1-4,6-8,10,20H,5,9,11-16H2,(H,25,29). The average Bonchev–Trinajstić information content (AvgIpc) is 3.20. The second kappa shape index (κ2) is 8.40. The number of benzene rings is 2. The molecule has 1 aromatic heterocycles. The first-order valence-electron chi connectivity index (χ1n) is 10.7. The predicted octanol–water partition coefficient (Wildman–Crippen LogP) is 3.36. The number of rotatable bonds is 6. The molecule has 2 heterocycles. The Balaban J connectivity index is 1.18. The first-order valence-corrected chi connectivity index (χ1v) is 10.7. The summed E-state index contributed by atoms with van der Waals surface area (Å²) in [5.41, 5.74) is 5.62. The summed E-state index contributed by atoms with van der Waals surface area (Å²) in [6.07, 6.45) is 3.85. The summed E-state index contributed by atoms with van der Waals surface area (Å²) in [4.78, 5) is 19.0. The van der Waals surface area contributed by atoms with Gasteiger partial charge in [-0.1, -0.05) is 53.7 Å². The number of aromatic nitrogens is 2. The van der Waals surface area contributed by atoms with Crippen molar-refractivity contribution in [1.82, 2.24) is 20.4 Å². The number of hydrogen-bond donors (Lipinski definition) is 1. The van der Waals surface area contributed by atoms with E-state index in [1.54, 1.807) is 5.56 Å². The average molecular weight is 402 g/mol. The number of nitrogens with one attached hydrogen (secondary N) is 1. The highest BCUT2D eigenvalue weighted by Gasteiger charge is 2.30. The van der Waals surface area contributed by atoms with Gasteiger partial charge in [0.15, 0.2) is 5.82 Å². The van der Waals surface area contributed by atoms with Crippen molar-refractivity contribution in [3.8, 4) is 0 Å². The smallest absolute Gasteiger partial charge is 0.240 e. The summed E-state index contributed by atoms with van der Waals surface area (Å²) >= 11 is 0. The molecule has 1 atom stereocenters. The molecule has 154 valence electrons. The zero-order chi connectivity index (χ0) is 20.3. The third-order valence-corrected chi connectivity index (χ3v) is 6.09. The van der Waals surface area contributed by atoms with E-state index >= 15 is 0 Å². The van der Waals surface area contributed by atoms with Crippen LogP contribution in [0.15, 0.2) is 53.1 Å². The van der Waals surface area contributed by atoms with Crippen LogP contribution in [0.1, 0.15) is 52.7 Å². The first kappa shape index (κ1) is 19.0. The molecule has 3 aromatic rings. The topological polar surface area (TPSA) is 71.3 Å². The highest BCUT2D eigenvalue weighted by molar-refractivity contribution is 5.77. The highest BCUT2D eigenvalue weighted by Crippen LogP contribution is 2.38. The van der Waals surface area contributed by atoms with Crippen molar-refractivity contribution < 1.29 is 9.32 Å². The molecule has 30 heavy (non-hydrogen) atoms. The van der Waals surface area contributed by atoms with Gasteiger partial charge in [0, 0.05) is 19.6 Å². The number of amides is 1. The molecule has 1 amide bonds. The van der Waals surface area contributed by atoms with Crippen molar-refractivity contribution in [1.29, 1.82) is 0 Å². The Hall–Kier alpha value is -2.99. The fourth-order valence-corrected chi connectivity index (χ4v) is 4.77.